The molecule has 0 unspecified atom stereocenters. The predicted octanol–water partition coefficient (Wildman–Crippen LogP) is 5.22. The van der Waals surface area contributed by atoms with E-state index in [2.05, 4.69) is 11.6 Å². The summed E-state index contributed by atoms with van der Waals surface area (Å²) in [5.74, 6) is 0.0753. The van der Waals surface area contributed by atoms with E-state index in [-0.39, 0.29) is 36.3 Å². The lowest BCUT2D eigenvalue weighted by molar-refractivity contribution is -0.143. The molecule has 0 spiro atoms. The van der Waals surface area contributed by atoms with Crippen LogP contribution in [0, 0.1) is 6.92 Å². The summed E-state index contributed by atoms with van der Waals surface area (Å²) in [5, 5.41) is 0.462. The van der Waals surface area contributed by atoms with E-state index < -0.39 is 23.5 Å². The summed E-state index contributed by atoms with van der Waals surface area (Å²) in [6, 6.07) is 1.61. The summed E-state index contributed by atoms with van der Waals surface area (Å²) in [6.45, 7) is 8.40. The number of alkyl halides is 6. The van der Waals surface area contributed by atoms with Crippen LogP contribution in [0.3, 0.4) is 0 Å². The van der Waals surface area contributed by atoms with Crippen LogP contribution in [-0.4, -0.2) is 64.5 Å². The van der Waals surface area contributed by atoms with Crippen molar-refractivity contribution in [1.82, 2.24) is 19.4 Å². The van der Waals surface area contributed by atoms with E-state index in [0.717, 1.165) is 23.4 Å². The number of amides is 1. The molecule has 0 saturated carbocycles. The van der Waals surface area contributed by atoms with E-state index in [1.807, 2.05) is 4.90 Å². The molecule has 0 atom stereocenters. The van der Waals surface area contributed by atoms with Crippen LogP contribution >= 0.6 is 11.3 Å². The van der Waals surface area contributed by atoms with Crippen molar-refractivity contribution in [3.63, 3.8) is 0 Å². The third kappa shape index (κ3) is 5.79. The highest BCUT2D eigenvalue weighted by Crippen LogP contribution is 2.39. The average molecular weight is 600 g/mol. The summed E-state index contributed by atoms with van der Waals surface area (Å²) in [4.78, 5) is 36.0. The highest BCUT2D eigenvalue weighted by atomic mass is 32.1. The summed E-state index contributed by atoms with van der Waals surface area (Å²) in [7, 11) is 0. The molecule has 0 radical (unpaired) electrons. The van der Waals surface area contributed by atoms with Crippen molar-refractivity contribution in [3.05, 3.63) is 63.0 Å². The fourth-order valence-corrected chi connectivity index (χ4v) is 6.40. The molecule has 220 valence electrons. The molecule has 2 aliphatic rings. The van der Waals surface area contributed by atoms with Crippen molar-refractivity contribution < 1.29 is 31.1 Å². The number of rotatable bonds is 6. The quantitative estimate of drug-likeness (QED) is 0.364. The van der Waals surface area contributed by atoms with Gasteiger partial charge in [-0.3, -0.25) is 14.2 Å². The molecule has 3 aromatic rings. The number of thiophene rings is 1. The van der Waals surface area contributed by atoms with E-state index in [4.69, 9.17) is 0 Å². The number of hydrogen-bond acceptors (Lipinski definition) is 6. The Morgan fingerprint density at radius 1 is 0.951 bits per heavy atom. The first-order chi connectivity index (χ1) is 19.2. The maximum Gasteiger partial charge on any atom is 0.416 e. The van der Waals surface area contributed by atoms with Gasteiger partial charge in [-0.15, -0.1) is 11.3 Å². The van der Waals surface area contributed by atoms with Gasteiger partial charge in [-0.1, -0.05) is 6.58 Å². The molecule has 0 aliphatic carbocycles. The van der Waals surface area contributed by atoms with Gasteiger partial charge in [-0.25, -0.2) is 4.98 Å². The van der Waals surface area contributed by atoms with Crippen LogP contribution in [0.4, 0.5) is 32.0 Å². The minimum atomic E-state index is -4.91. The highest BCUT2D eigenvalue weighted by molar-refractivity contribution is 7.19. The molecule has 2 fully saturated rings. The summed E-state index contributed by atoms with van der Waals surface area (Å²) in [5.41, 5.74) is -1.74. The molecule has 2 aliphatic heterocycles. The summed E-state index contributed by atoms with van der Waals surface area (Å²) >= 11 is 1.31. The van der Waals surface area contributed by atoms with Crippen LogP contribution in [0.25, 0.3) is 15.9 Å². The number of hydrogen-bond donors (Lipinski definition) is 0. The minimum absolute atomic E-state index is 0.0753. The molecule has 1 aromatic carbocycles. The largest absolute Gasteiger partial charge is 0.416 e. The topological polar surface area (TPSA) is 61.7 Å². The van der Waals surface area contributed by atoms with Crippen LogP contribution < -0.4 is 10.5 Å². The molecular weight excluding hydrogens is 572 g/mol. The Balaban J connectivity index is 1.32. The lowest BCUT2D eigenvalue weighted by Crippen LogP contribution is -2.45. The third-order valence-corrected chi connectivity index (χ3v) is 8.81. The smallest absolute Gasteiger partial charge is 0.368 e. The number of carbonyl (C=O) groups excluding carboxylic acids is 1. The van der Waals surface area contributed by atoms with Crippen molar-refractivity contribution >= 4 is 38.8 Å². The van der Waals surface area contributed by atoms with Crippen LogP contribution in [0.2, 0.25) is 0 Å². The van der Waals surface area contributed by atoms with Crippen molar-refractivity contribution in [1.29, 1.82) is 0 Å². The maximum absolute atomic E-state index is 13.3. The Kier molecular flexibility index (Phi) is 7.55. The number of aromatic nitrogens is 2. The molecule has 1 amide bonds. The SMILES string of the molecule is C=C(c1sc2ncn(CCN3CCCC3=O)c(=O)c2c1C)N1CCN(c2cc(C(F)(F)F)cc(C(F)(F)F)c2)CC1. The van der Waals surface area contributed by atoms with Gasteiger partial charge in [0.1, 0.15) is 4.83 Å². The number of fused-ring (bicyclic) bond motifs is 1. The summed E-state index contributed by atoms with van der Waals surface area (Å²) in [6.07, 6.45) is -7.03. The Labute approximate surface area is 235 Å². The lowest BCUT2D eigenvalue weighted by atomic mass is 10.1. The van der Waals surface area contributed by atoms with E-state index in [1.165, 1.54) is 27.1 Å². The molecule has 0 N–H and O–H groups in total. The zero-order valence-electron chi connectivity index (χ0n) is 22.1. The first-order valence-electron chi connectivity index (χ1n) is 13.0. The van der Waals surface area contributed by atoms with Gasteiger partial charge in [0.15, 0.2) is 0 Å². The Morgan fingerprint density at radius 2 is 1.59 bits per heavy atom. The second-order valence-corrected chi connectivity index (χ2v) is 11.1. The van der Waals surface area contributed by atoms with Gasteiger partial charge >= 0.3 is 12.4 Å². The monoisotopic (exact) mass is 599 g/mol. The normalized spacial score (nSPS) is 16.8. The first-order valence-corrected chi connectivity index (χ1v) is 13.8. The van der Waals surface area contributed by atoms with Gasteiger partial charge in [0.05, 0.1) is 27.7 Å². The van der Waals surface area contributed by atoms with Crippen molar-refractivity contribution in [2.24, 2.45) is 0 Å². The maximum atomic E-state index is 13.3. The molecule has 14 heteroatoms. The molecule has 41 heavy (non-hydrogen) atoms. The van der Waals surface area contributed by atoms with Gasteiger partial charge in [0.2, 0.25) is 5.91 Å². The van der Waals surface area contributed by atoms with Crippen LogP contribution in [0.1, 0.15) is 34.4 Å². The van der Waals surface area contributed by atoms with Crippen molar-refractivity contribution in [3.8, 4) is 0 Å². The third-order valence-electron chi connectivity index (χ3n) is 7.56. The number of piperazine rings is 1. The van der Waals surface area contributed by atoms with Crippen molar-refractivity contribution in [2.45, 2.75) is 38.7 Å². The van der Waals surface area contributed by atoms with Crippen LogP contribution in [-0.2, 0) is 23.7 Å². The molecule has 2 aromatic heterocycles. The number of halogens is 6. The van der Waals surface area contributed by atoms with Gasteiger partial charge in [0.25, 0.3) is 5.56 Å². The molecule has 7 nitrogen and oxygen atoms in total. The fourth-order valence-electron chi connectivity index (χ4n) is 5.26. The number of aryl methyl sites for hydroxylation is 1. The van der Waals surface area contributed by atoms with E-state index in [9.17, 15) is 35.9 Å². The van der Waals surface area contributed by atoms with Crippen LogP contribution in [0.15, 0.2) is 35.9 Å². The standard InChI is InChI=1S/C27H27F6N5O2S/c1-16-22-24(34-15-38(25(22)40)11-10-37-5-3-4-21(37)39)41-23(16)17(2)35-6-8-36(9-7-35)20-13-18(26(28,29)30)12-19(14-20)27(31,32)33/h12-15H,2-11H2,1H3. The predicted molar refractivity (Wildman–Crippen MR) is 144 cm³/mol. The zero-order chi connectivity index (χ0) is 29.7. The van der Waals surface area contributed by atoms with Gasteiger partial charge < -0.3 is 14.7 Å². The molecule has 4 heterocycles. The zero-order valence-corrected chi connectivity index (χ0v) is 22.9. The number of anilines is 1. The minimum Gasteiger partial charge on any atom is -0.368 e. The number of carbonyl (C=O) groups is 1. The second-order valence-electron chi connectivity index (χ2n) is 10.1. The lowest BCUT2D eigenvalue weighted by Gasteiger charge is -2.38. The van der Waals surface area contributed by atoms with E-state index in [0.29, 0.717) is 60.6 Å². The first kappa shape index (κ1) is 29.0. The summed E-state index contributed by atoms with van der Waals surface area (Å²) < 4.78 is 81.4. The number of nitrogens with zero attached hydrogens (tertiary/aromatic N) is 5. The Bertz CT molecular complexity index is 1520. The van der Waals surface area contributed by atoms with Crippen molar-refractivity contribution in [2.75, 3.05) is 44.2 Å². The number of benzene rings is 1. The molecular formula is C27H27F6N5O2S. The molecule has 2 saturated heterocycles. The van der Waals surface area contributed by atoms with Crippen LogP contribution in [0.5, 0.6) is 0 Å². The van der Waals surface area contributed by atoms with Gasteiger partial charge in [0, 0.05) is 63.6 Å². The average Bonchev–Trinajstić information content (AvgIpc) is 3.49. The fraction of sp³-hybridized carbons (Fsp3) is 0.444. The number of likely N-dealkylation sites (tertiary alicyclic amines) is 1. The highest BCUT2D eigenvalue weighted by Gasteiger charge is 2.37. The van der Waals surface area contributed by atoms with Gasteiger partial charge in [-0.05, 0) is 37.1 Å². The Hall–Kier alpha value is -3.55. The van der Waals surface area contributed by atoms with Gasteiger partial charge in [-0.2, -0.15) is 26.3 Å². The Morgan fingerprint density at radius 3 is 2.15 bits per heavy atom. The van der Waals surface area contributed by atoms with E-state index >= 15 is 0 Å². The van der Waals surface area contributed by atoms with E-state index in [1.54, 1.807) is 11.8 Å². The molecule has 5 rings (SSSR count). The second kappa shape index (κ2) is 10.7. The molecule has 0 bridgehead atoms.